The average Bonchev–Trinajstić information content (AvgIpc) is 2.82. The topological polar surface area (TPSA) is 86.7 Å². The average molecular weight is 238 g/mol. The lowest BCUT2D eigenvalue weighted by Gasteiger charge is -2.11. The Hall–Kier alpha value is -1.85. The summed E-state index contributed by atoms with van der Waals surface area (Å²) >= 11 is 0. The number of carboxylic acid groups (broad SMARTS) is 1. The molecule has 2 heterocycles. The number of nitrogens with one attached hydrogen (secondary N) is 1. The molecule has 0 spiro atoms. The number of carbonyl (C=O) groups is 3. The SMILES string of the molecule is CCC(=O)C1=C2NCCN2C(=O)C1CC(=O)O. The molecule has 0 aliphatic carbocycles. The van der Waals surface area contributed by atoms with Crippen LogP contribution in [0, 0.1) is 5.92 Å². The van der Waals surface area contributed by atoms with Crippen molar-refractivity contribution < 1.29 is 19.5 Å². The van der Waals surface area contributed by atoms with E-state index in [1.807, 2.05) is 0 Å². The Labute approximate surface area is 98.3 Å². The second-order valence-corrected chi connectivity index (χ2v) is 4.11. The molecular formula is C11H14N2O4. The van der Waals surface area contributed by atoms with Crippen molar-refractivity contribution >= 4 is 17.7 Å². The van der Waals surface area contributed by atoms with E-state index in [1.165, 1.54) is 4.90 Å². The van der Waals surface area contributed by atoms with Gasteiger partial charge in [0.1, 0.15) is 5.82 Å². The Morgan fingerprint density at radius 2 is 2.24 bits per heavy atom. The molecule has 6 heteroatoms. The van der Waals surface area contributed by atoms with Gasteiger partial charge in [-0.3, -0.25) is 19.3 Å². The number of carbonyl (C=O) groups excluding carboxylic acids is 2. The number of nitrogens with zero attached hydrogens (tertiary/aromatic N) is 1. The second-order valence-electron chi connectivity index (χ2n) is 4.11. The number of carboxylic acids is 1. The smallest absolute Gasteiger partial charge is 0.304 e. The van der Waals surface area contributed by atoms with Crippen LogP contribution in [0.15, 0.2) is 11.4 Å². The van der Waals surface area contributed by atoms with Crippen LogP contribution in [0.5, 0.6) is 0 Å². The largest absolute Gasteiger partial charge is 0.481 e. The first-order chi connectivity index (χ1) is 8.06. The van der Waals surface area contributed by atoms with Crippen molar-refractivity contribution in [1.82, 2.24) is 10.2 Å². The number of Topliss-reactive ketones (excluding diaryl/α,β-unsaturated/α-hetero) is 1. The van der Waals surface area contributed by atoms with Crippen molar-refractivity contribution in [3.8, 4) is 0 Å². The van der Waals surface area contributed by atoms with Crippen molar-refractivity contribution in [2.75, 3.05) is 13.1 Å². The molecule has 0 aromatic rings. The number of amides is 1. The van der Waals surface area contributed by atoms with Gasteiger partial charge in [0, 0.05) is 25.1 Å². The van der Waals surface area contributed by atoms with Crippen LogP contribution in [0.1, 0.15) is 19.8 Å². The van der Waals surface area contributed by atoms with E-state index >= 15 is 0 Å². The number of hydrogen-bond donors (Lipinski definition) is 2. The fraction of sp³-hybridized carbons (Fsp3) is 0.545. The molecule has 1 fully saturated rings. The van der Waals surface area contributed by atoms with E-state index in [0.29, 0.717) is 24.5 Å². The molecule has 0 aromatic carbocycles. The van der Waals surface area contributed by atoms with Gasteiger partial charge in [0.2, 0.25) is 5.91 Å². The van der Waals surface area contributed by atoms with E-state index in [1.54, 1.807) is 6.92 Å². The van der Waals surface area contributed by atoms with Gasteiger partial charge in [-0.15, -0.1) is 0 Å². The molecular weight excluding hydrogens is 224 g/mol. The molecule has 1 unspecified atom stereocenters. The molecule has 0 saturated carbocycles. The zero-order valence-corrected chi connectivity index (χ0v) is 9.52. The van der Waals surface area contributed by atoms with E-state index in [9.17, 15) is 14.4 Å². The Morgan fingerprint density at radius 1 is 1.53 bits per heavy atom. The number of fused-ring (bicyclic) bond motifs is 1. The standard InChI is InChI=1S/C11H14N2O4/c1-2-7(14)9-6(5-8(15)16)11(17)13-4-3-12-10(9)13/h6,12H,2-5H2,1H3,(H,15,16). The van der Waals surface area contributed by atoms with E-state index in [2.05, 4.69) is 5.32 Å². The van der Waals surface area contributed by atoms with Gasteiger partial charge in [-0.1, -0.05) is 6.92 Å². The van der Waals surface area contributed by atoms with Gasteiger partial charge in [-0.2, -0.15) is 0 Å². The zero-order chi connectivity index (χ0) is 12.6. The first-order valence-electron chi connectivity index (χ1n) is 5.60. The van der Waals surface area contributed by atoms with Crippen molar-refractivity contribution in [1.29, 1.82) is 0 Å². The maximum absolute atomic E-state index is 12.0. The van der Waals surface area contributed by atoms with Crippen LogP contribution in [0.3, 0.4) is 0 Å². The highest BCUT2D eigenvalue weighted by molar-refractivity contribution is 6.06. The monoisotopic (exact) mass is 238 g/mol. The molecule has 0 aromatic heterocycles. The Morgan fingerprint density at radius 3 is 2.82 bits per heavy atom. The highest BCUT2D eigenvalue weighted by Gasteiger charge is 2.44. The molecule has 17 heavy (non-hydrogen) atoms. The van der Waals surface area contributed by atoms with Gasteiger partial charge in [0.15, 0.2) is 5.78 Å². The maximum Gasteiger partial charge on any atom is 0.304 e. The van der Waals surface area contributed by atoms with E-state index < -0.39 is 11.9 Å². The summed E-state index contributed by atoms with van der Waals surface area (Å²) in [5.74, 6) is -1.79. The first kappa shape index (κ1) is 11.6. The molecule has 1 atom stereocenters. The summed E-state index contributed by atoms with van der Waals surface area (Å²) in [5, 5.41) is 11.8. The highest BCUT2D eigenvalue weighted by Crippen LogP contribution is 2.33. The van der Waals surface area contributed by atoms with Crippen molar-refractivity contribution in [2.24, 2.45) is 5.92 Å². The van der Waals surface area contributed by atoms with E-state index in [0.717, 1.165) is 0 Å². The van der Waals surface area contributed by atoms with Crippen molar-refractivity contribution in [2.45, 2.75) is 19.8 Å². The molecule has 2 N–H and O–H groups in total. The van der Waals surface area contributed by atoms with Gasteiger partial charge in [-0.05, 0) is 0 Å². The summed E-state index contributed by atoms with van der Waals surface area (Å²) in [6.07, 6.45) is -0.0423. The van der Waals surface area contributed by atoms with Gasteiger partial charge in [0.25, 0.3) is 0 Å². The molecule has 1 amide bonds. The molecule has 2 aliphatic rings. The van der Waals surface area contributed by atoms with Crippen LogP contribution in [0.2, 0.25) is 0 Å². The predicted octanol–water partition coefficient (Wildman–Crippen LogP) is -0.287. The summed E-state index contributed by atoms with van der Waals surface area (Å²) in [7, 11) is 0. The van der Waals surface area contributed by atoms with Crippen LogP contribution in [-0.2, 0) is 14.4 Å². The third-order valence-corrected chi connectivity index (χ3v) is 3.07. The number of rotatable bonds is 4. The Balaban J connectivity index is 2.38. The summed E-state index contributed by atoms with van der Waals surface area (Å²) < 4.78 is 0. The maximum atomic E-state index is 12.0. The minimum Gasteiger partial charge on any atom is -0.481 e. The van der Waals surface area contributed by atoms with Crippen LogP contribution in [0.25, 0.3) is 0 Å². The highest BCUT2D eigenvalue weighted by atomic mass is 16.4. The Kier molecular flexibility index (Phi) is 2.87. The summed E-state index contributed by atoms with van der Waals surface area (Å²) in [6, 6.07) is 0. The molecule has 2 aliphatic heterocycles. The fourth-order valence-electron chi connectivity index (χ4n) is 2.31. The molecule has 1 saturated heterocycles. The third-order valence-electron chi connectivity index (χ3n) is 3.07. The van der Waals surface area contributed by atoms with Crippen LogP contribution in [-0.4, -0.2) is 40.8 Å². The number of ketones is 1. The summed E-state index contributed by atoms with van der Waals surface area (Å²) in [5.41, 5.74) is 0.345. The molecule has 92 valence electrons. The lowest BCUT2D eigenvalue weighted by Crippen LogP contribution is -2.28. The third kappa shape index (κ3) is 1.79. The lowest BCUT2D eigenvalue weighted by molar-refractivity contribution is -0.141. The number of aliphatic carboxylic acids is 1. The van der Waals surface area contributed by atoms with Crippen molar-refractivity contribution in [3.05, 3.63) is 11.4 Å². The lowest BCUT2D eigenvalue weighted by atomic mass is 9.93. The first-order valence-corrected chi connectivity index (χ1v) is 5.60. The van der Waals surface area contributed by atoms with E-state index in [-0.39, 0.29) is 24.5 Å². The predicted molar refractivity (Wildman–Crippen MR) is 57.8 cm³/mol. The minimum atomic E-state index is -1.06. The fourth-order valence-corrected chi connectivity index (χ4v) is 2.31. The van der Waals surface area contributed by atoms with Gasteiger partial charge < -0.3 is 10.4 Å². The summed E-state index contributed by atoms with van der Waals surface area (Å²) in [4.78, 5) is 36.0. The quantitative estimate of drug-likeness (QED) is 0.703. The minimum absolute atomic E-state index is 0.156. The second kappa shape index (κ2) is 4.20. The van der Waals surface area contributed by atoms with Crippen LogP contribution < -0.4 is 5.32 Å². The Bertz CT molecular complexity index is 427. The van der Waals surface area contributed by atoms with E-state index in [4.69, 9.17) is 5.11 Å². The van der Waals surface area contributed by atoms with Gasteiger partial charge in [0.05, 0.1) is 12.3 Å². The molecule has 2 rings (SSSR count). The van der Waals surface area contributed by atoms with Crippen LogP contribution in [0.4, 0.5) is 0 Å². The summed E-state index contributed by atoms with van der Waals surface area (Å²) in [6.45, 7) is 2.82. The van der Waals surface area contributed by atoms with Gasteiger partial charge >= 0.3 is 5.97 Å². The van der Waals surface area contributed by atoms with Crippen LogP contribution >= 0.6 is 0 Å². The van der Waals surface area contributed by atoms with Crippen molar-refractivity contribution in [3.63, 3.8) is 0 Å². The molecule has 6 nitrogen and oxygen atoms in total. The molecule has 0 radical (unpaired) electrons. The number of hydrogen-bond acceptors (Lipinski definition) is 4. The van der Waals surface area contributed by atoms with Gasteiger partial charge in [-0.25, -0.2) is 0 Å². The molecule has 0 bridgehead atoms. The zero-order valence-electron chi connectivity index (χ0n) is 9.52. The normalized spacial score (nSPS) is 22.8.